The maximum Gasteiger partial charge on any atom is 0.251 e. The van der Waals surface area contributed by atoms with Gasteiger partial charge in [-0.15, -0.1) is 0 Å². The first-order chi connectivity index (χ1) is 10.0. The highest BCUT2D eigenvalue weighted by Gasteiger charge is 2.10. The first kappa shape index (κ1) is 15.0. The van der Waals surface area contributed by atoms with Gasteiger partial charge in [-0.3, -0.25) is 4.79 Å². The number of carbonyl (C=O) groups excluding carboxylic acids is 1. The van der Waals surface area contributed by atoms with Crippen LogP contribution in [0.1, 0.15) is 15.9 Å². The zero-order valence-corrected chi connectivity index (χ0v) is 12.1. The van der Waals surface area contributed by atoms with Gasteiger partial charge in [0.15, 0.2) is 0 Å². The molecular weight excluding hydrogens is 292 g/mol. The van der Waals surface area contributed by atoms with Gasteiger partial charge in [-0.1, -0.05) is 11.6 Å². The maximum atomic E-state index is 12.0. The van der Waals surface area contributed by atoms with Crippen molar-refractivity contribution < 1.29 is 14.6 Å². The number of benzene rings is 2. The Kier molecular flexibility index (Phi) is 4.55. The molecule has 0 unspecified atom stereocenters. The molecule has 0 aliphatic heterocycles. The van der Waals surface area contributed by atoms with E-state index in [0.29, 0.717) is 17.0 Å². The Balaban J connectivity index is 2.10. The van der Waals surface area contributed by atoms with Crippen molar-refractivity contribution in [3.8, 4) is 11.5 Å². The quantitative estimate of drug-likeness (QED) is 0.758. The molecule has 2 rings (SSSR count). The summed E-state index contributed by atoms with van der Waals surface area (Å²) in [5, 5.41) is 12.2. The van der Waals surface area contributed by atoms with Gasteiger partial charge in [0.1, 0.15) is 11.5 Å². The number of anilines is 1. The molecule has 110 valence electrons. The van der Waals surface area contributed by atoms with Crippen molar-refractivity contribution in [2.45, 2.75) is 6.54 Å². The first-order valence-corrected chi connectivity index (χ1v) is 6.58. The number of aromatic hydroxyl groups is 1. The number of nitrogens with two attached hydrogens (primary N) is 1. The zero-order valence-electron chi connectivity index (χ0n) is 11.4. The minimum atomic E-state index is -0.304. The average molecular weight is 307 g/mol. The van der Waals surface area contributed by atoms with Crippen molar-refractivity contribution in [1.82, 2.24) is 5.32 Å². The number of phenols is 1. The van der Waals surface area contributed by atoms with E-state index in [1.165, 1.54) is 18.2 Å². The minimum absolute atomic E-state index is 0.0641. The lowest BCUT2D eigenvalue weighted by atomic mass is 10.1. The predicted octanol–water partition coefficient (Wildman–Crippen LogP) is 2.57. The second-order valence-corrected chi connectivity index (χ2v) is 4.83. The normalized spacial score (nSPS) is 10.2. The third-order valence-electron chi connectivity index (χ3n) is 2.95. The largest absolute Gasteiger partial charge is 0.506 e. The van der Waals surface area contributed by atoms with Crippen LogP contribution >= 0.6 is 11.6 Å². The molecule has 0 radical (unpaired) electrons. The van der Waals surface area contributed by atoms with Gasteiger partial charge >= 0.3 is 0 Å². The Morgan fingerprint density at radius 1 is 1.33 bits per heavy atom. The van der Waals surface area contributed by atoms with Gasteiger partial charge < -0.3 is 20.9 Å². The minimum Gasteiger partial charge on any atom is -0.506 e. The van der Waals surface area contributed by atoms with Gasteiger partial charge in [-0.05, 0) is 36.4 Å². The van der Waals surface area contributed by atoms with E-state index in [-0.39, 0.29) is 23.2 Å². The summed E-state index contributed by atoms with van der Waals surface area (Å²) in [6.07, 6.45) is 0. The molecule has 2 aromatic carbocycles. The second-order valence-electron chi connectivity index (χ2n) is 4.42. The van der Waals surface area contributed by atoms with Crippen LogP contribution in [0.4, 0.5) is 5.69 Å². The molecule has 4 N–H and O–H groups in total. The number of hydrogen-bond donors (Lipinski definition) is 3. The summed E-state index contributed by atoms with van der Waals surface area (Å²) in [7, 11) is 1.55. The van der Waals surface area contributed by atoms with E-state index >= 15 is 0 Å². The molecule has 0 fully saturated rings. The predicted molar refractivity (Wildman–Crippen MR) is 81.7 cm³/mol. The number of carbonyl (C=O) groups is 1. The molecule has 0 saturated heterocycles. The van der Waals surface area contributed by atoms with Gasteiger partial charge in [0.25, 0.3) is 5.91 Å². The van der Waals surface area contributed by atoms with Crippen LogP contribution in [0.2, 0.25) is 5.02 Å². The van der Waals surface area contributed by atoms with Crippen LogP contribution in [-0.4, -0.2) is 18.1 Å². The van der Waals surface area contributed by atoms with Crippen LogP contribution in [0, 0.1) is 0 Å². The molecule has 0 aliphatic rings. The Morgan fingerprint density at radius 3 is 2.76 bits per heavy atom. The highest BCUT2D eigenvalue weighted by molar-refractivity contribution is 6.32. The fourth-order valence-corrected chi connectivity index (χ4v) is 2.04. The third-order valence-corrected chi connectivity index (χ3v) is 3.26. The number of hydrogen-bond acceptors (Lipinski definition) is 4. The average Bonchev–Trinajstić information content (AvgIpc) is 2.47. The van der Waals surface area contributed by atoms with Crippen LogP contribution in [0.25, 0.3) is 0 Å². The Hall–Kier alpha value is -2.40. The fourth-order valence-electron chi connectivity index (χ4n) is 1.86. The molecule has 1 amide bonds. The Bertz CT molecular complexity index is 674. The Labute approximate surface area is 127 Å². The van der Waals surface area contributed by atoms with Crippen molar-refractivity contribution in [2.75, 3.05) is 12.8 Å². The molecule has 0 saturated carbocycles. The molecule has 2 aromatic rings. The van der Waals surface area contributed by atoms with Crippen LogP contribution in [-0.2, 0) is 6.54 Å². The van der Waals surface area contributed by atoms with Crippen LogP contribution in [0.5, 0.6) is 11.5 Å². The third kappa shape index (κ3) is 3.58. The fraction of sp³-hybridized carbons (Fsp3) is 0.133. The number of nitrogen functional groups attached to an aromatic ring is 1. The Morgan fingerprint density at radius 2 is 2.10 bits per heavy atom. The number of methoxy groups -OCH3 is 1. The van der Waals surface area contributed by atoms with E-state index in [9.17, 15) is 9.90 Å². The lowest BCUT2D eigenvalue weighted by molar-refractivity contribution is 0.0950. The van der Waals surface area contributed by atoms with Crippen molar-refractivity contribution >= 4 is 23.2 Å². The number of nitrogens with one attached hydrogen (secondary N) is 1. The summed E-state index contributed by atoms with van der Waals surface area (Å²) in [4.78, 5) is 12.0. The monoisotopic (exact) mass is 306 g/mol. The van der Waals surface area contributed by atoms with Crippen LogP contribution in [0.3, 0.4) is 0 Å². The highest BCUT2D eigenvalue weighted by atomic mass is 35.5. The molecule has 0 atom stereocenters. The summed E-state index contributed by atoms with van der Waals surface area (Å²) in [5.74, 6) is 0.278. The number of ether oxygens (including phenoxy) is 1. The summed E-state index contributed by atoms with van der Waals surface area (Å²) < 4.78 is 5.21. The molecular formula is C15H15ClN2O3. The SMILES string of the molecule is COc1ccc(N)cc1CNC(=O)c1ccc(O)c(Cl)c1. The highest BCUT2D eigenvalue weighted by Crippen LogP contribution is 2.24. The molecule has 0 heterocycles. The molecule has 6 heteroatoms. The number of amides is 1. The smallest absolute Gasteiger partial charge is 0.251 e. The summed E-state index contributed by atoms with van der Waals surface area (Å²) >= 11 is 5.78. The number of halogens is 1. The topological polar surface area (TPSA) is 84.6 Å². The van der Waals surface area contributed by atoms with E-state index in [4.69, 9.17) is 22.1 Å². The van der Waals surface area contributed by atoms with Crippen molar-refractivity contribution in [3.63, 3.8) is 0 Å². The van der Waals surface area contributed by atoms with Crippen molar-refractivity contribution in [2.24, 2.45) is 0 Å². The molecule has 0 aromatic heterocycles. The molecule has 0 bridgehead atoms. The molecule has 5 nitrogen and oxygen atoms in total. The zero-order chi connectivity index (χ0) is 15.4. The summed E-state index contributed by atoms with van der Waals surface area (Å²) in [6.45, 7) is 0.269. The van der Waals surface area contributed by atoms with Gasteiger partial charge in [0, 0.05) is 23.4 Å². The van der Waals surface area contributed by atoms with Crippen molar-refractivity contribution in [3.05, 3.63) is 52.5 Å². The second kappa shape index (κ2) is 6.37. The van der Waals surface area contributed by atoms with E-state index < -0.39 is 0 Å². The van der Waals surface area contributed by atoms with Crippen molar-refractivity contribution in [1.29, 1.82) is 0 Å². The van der Waals surface area contributed by atoms with E-state index in [2.05, 4.69) is 5.32 Å². The molecule has 0 spiro atoms. The van der Waals surface area contributed by atoms with E-state index in [0.717, 1.165) is 5.56 Å². The van der Waals surface area contributed by atoms with E-state index in [1.807, 2.05) is 0 Å². The molecule has 0 aliphatic carbocycles. The lowest BCUT2D eigenvalue weighted by Gasteiger charge is -2.11. The summed E-state index contributed by atoms with van der Waals surface area (Å²) in [6, 6.07) is 9.48. The maximum absolute atomic E-state index is 12.0. The van der Waals surface area contributed by atoms with Gasteiger partial charge in [0.2, 0.25) is 0 Å². The van der Waals surface area contributed by atoms with Gasteiger partial charge in [0.05, 0.1) is 12.1 Å². The summed E-state index contributed by atoms with van der Waals surface area (Å²) in [5.41, 5.74) is 7.45. The standard InChI is InChI=1S/C15H15ClN2O3/c1-21-14-5-3-11(17)6-10(14)8-18-15(20)9-2-4-13(19)12(16)7-9/h2-7,19H,8,17H2,1H3,(H,18,20). The van der Waals surface area contributed by atoms with Crippen LogP contribution < -0.4 is 15.8 Å². The van der Waals surface area contributed by atoms with Crippen LogP contribution in [0.15, 0.2) is 36.4 Å². The van der Waals surface area contributed by atoms with E-state index in [1.54, 1.807) is 25.3 Å². The first-order valence-electron chi connectivity index (χ1n) is 6.20. The lowest BCUT2D eigenvalue weighted by Crippen LogP contribution is -2.23. The number of phenolic OH excluding ortho intramolecular Hbond substituents is 1. The molecule has 21 heavy (non-hydrogen) atoms. The number of rotatable bonds is 4. The van der Waals surface area contributed by atoms with Gasteiger partial charge in [-0.25, -0.2) is 0 Å². The van der Waals surface area contributed by atoms with Gasteiger partial charge in [-0.2, -0.15) is 0 Å².